The Kier molecular flexibility index (Phi) is 5.06. The molecule has 0 aromatic rings. The van der Waals surface area contributed by atoms with Crippen molar-refractivity contribution in [2.24, 2.45) is 0 Å². The molecule has 0 bridgehead atoms. The van der Waals surface area contributed by atoms with E-state index >= 15 is 0 Å². The molecular formula is C11H18FN2O9P. The molecule has 6 N–H and O–H groups in total. The first-order valence-electron chi connectivity index (χ1n) is 6.71. The number of hydrogen-bond acceptors (Lipinski definition) is 8. The van der Waals surface area contributed by atoms with Gasteiger partial charge in [0.05, 0.1) is 6.61 Å². The van der Waals surface area contributed by atoms with Gasteiger partial charge in [0.15, 0.2) is 11.8 Å². The van der Waals surface area contributed by atoms with Crippen LogP contribution in [0.15, 0.2) is 12.3 Å². The largest absolute Gasteiger partial charge is 0.469 e. The Morgan fingerprint density at radius 1 is 1.50 bits per heavy atom. The van der Waals surface area contributed by atoms with Crippen LogP contribution in [0.2, 0.25) is 0 Å². The molecule has 0 saturated carbocycles. The number of rotatable bonds is 5. The highest BCUT2D eigenvalue weighted by molar-refractivity contribution is 7.46. The number of amides is 1. The Morgan fingerprint density at radius 2 is 2.12 bits per heavy atom. The third kappa shape index (κ3) is 3.46. The van der Waals surface area contributed by atoms with E-state index in [9.17, 15) is 29.1 Å². The fourth-order valence-corrected chi connectivity index (χ4v) is 2.96. The van der Waals surface area contributed by atoms with Crippen LogP contribution in [0, 0.1) is 0 Å². The van der Waals surface area contributed by atoms with Crippen LogP contribution in [-0.2, 0) is 18.6 Å². The summed E-state index contributed by atoms with van der Waals surface area (Å²) in [6, 6.07) is 0. The molecule has 138 valence electrons. The van der Waals surface area contributed by atoms with E-state index in [2.05, 4.69) is 9.84 Å². The van der Waals surface area contributed by atoms with Gasteiger partial charge in [0.2, 0.25) is 12.3 Å². The summed E-state index contributed by atoms with van der Waals surface area (Å²) in [5, 5.41) is 32.6. The van der Waals surface area contributed by atoms with Gasteiger partial charge in [-0.05, 0) is 6.92 Å². The summed E-state index contributed by atoms with van der Waals surface area (Å²) >= 11 is 0. The fraction of sp³-hybridized carbons (Fsp3) is 0.727. The summed E-state index contributed by atoms with van der Waals surface area (Å²) in [6.45, 7) is -1.42. The summed E-state index contributed by atoms with van der Waals surface area (Å²) in [5.41, 5.74) is -4.46. The Labute approximate surface area is 135 Å². The molecule has 0 aromatic heterocycles. The molecule has 0 spiro atoms. The maximum atomic E-state index is 13.5. The van der Waals surface area contributed by atoms with Crippen molar-refractivity contribution in [3.05, 3.63) is 12.3 Å². The summed E-state index contributed by atoms with van der Waals surface area (Å²) in [6.07, 6.45) is -3.07. The summed E-state index contributed by atoms with van der Waals surface area (Å²) in [7, 11) is -4.99. The molecular weight excluding hydrogens is 354 g/mol. The van der Waals surface area contributed by atoms with E-state index < -0.39 is 56.9 Å². The molecule has 0 radical (unpaired) electrons. The van der Waals surface area contributed by atoms with Crippen LogP contribution in [-0.4, -0.2) is 79.1 Å². The van der Waals surface area contributed by atoms with Crippen LogP contribution in [0.3, 0.4) is 0 Å². The number of nitrogens with one attached hydrogen (secondary N) is 1. The summed E-state index contributed by atoms with van der Waals surface area (Å²) in [4.78, 5) is 29.6. The number of ether oxygens (including phenoxy) is 1. The Morgan fingerprint density at radius 3 is 2.62 bits per heavy atom. The Hall–Kier alpha value is -1.11. The number of hydrogen-bond donors (Lipinski definition) is 6. The number of phosphoric acid groups is 1. The molecule has 2 heterocycles. The van der Waals surface area contributed by atoms with E-state index in [1.807, 2.05) is 0 Å². The van der Waals surface area contributed by atoms with Crippen LogP contribution >= 0.6 is 7.82 Å². The SMILES string of the molecule is CC1(O)C(N2C=CC(=O)NC2O)OC(CF)(COP(=O)(O)O)C1O. The molecule has 2 aliphatic rings. The maximum Gasteiger partial charge on any atom is 0.469 e. The Balaban J connectivity index is 2.30. The normalized spacial score (nSPS) is 40.0. The smallest absolute Gasteiger partial charge is 0.387 e. The molecule has 0 aromatic carbocycles. The first-order chi connectivity index (χ1) is 10.9. The molecule has 2 aliphatic heterocycles. The molecule has 0 aliphatic carbocycles. The molecule has 2 rings (SSSR count). The number of phosphoric ester groups is 1. The first kappa shape index (κ1) is 19.2. The Bertz CT molecular complexity index is 582. The molecule has 5 atom stereocenters. The highest BCUT2D eigenvalue weighted by Gasteiger charge is 2.64. The number of aliphatic hydroxyl groups excluding tert-OH is 2. The van der Waals surface area contributed by atoms with Crippen LogP contribution in [0.4, 0.5) is 4.39 Å². The second kappa shape index (κ2) is 6.32. The standard InChI is InChI=1S/C11H18FN2O9P/c1-10(18)7(16)11(4-12,5-22-24(19,20)21)23-8(10)14-3-2-6(15)13-9(14)17/h2-3,7-9,16-18H,4-5H2,1H3,(H,13,15)(H2,19,20,21). The molecule has 1 fully saturated rings. The van der Waals surface area contributed by atoms with Gasteiger partial charge in [-0.25, -0.2) is 8.96 Å². The van der Waals surface area contributed by atoms with E-state index in [4.69, 9.17) is 14.5 Å². The van der Waals surface area contributed by atoms with Crippen molar-refractivity contribution in [3.8, 4) is 0 Å². The zero-order valence-corrected chi connectivity index (χ0v) is 13.3. The minimum absolute atomic E-state index is 0.626. The van der Waals surface area contributed by atoms with Gasteiger partial charge >= 0.3 is 7.82 Å². The number of carbonyl (C=O) groups excluding carboxylic acids is 1. The highest BCUT2D eigenvalue weighted by Crippen LogP contribution is 2.45. The third-order valence-electron chi connectivity index (χ3n) is 3.82. The predicted molar refractivity (Wildman–Crippen MR) is 73.3 cm³/mol. The van der Waals surface area contributed by atoms with Crippen molar-refractivity contribution in [1.29, 1.82) is 0 Å². The average molecular weight is 372 g/mol. The van der Waals surface area contributed by atoms with Crippen LogP contribution in [0.1, 0.15) is 6.92 Å². The van der Waals surface area contributed by atoms with E-state index in [0.717, 1.165) is 24.1 Å². The molecule has 1 saturated heterocycles. The van der Waals surface area contributed by atoms with Crippen molar-refractivity contribution in [2.75, 3.05) is 13.3 Å². The van der Waals surface area contributed by atoms with E-state index in [0.29, 0.717) is 0 Å². The van der Waals surface area contributed by atoms with Gasteiger partial charge in [-0.3, -0.25) is 9.32 Å². The quantitative estimate of drug-likeness (QED) is 0.284. The van der Waals surface area contributed by atoms with Gasteiger partial charge in [0.1, 0.15) is 18.4 Å². The minimum atomic E-state index is -4.99. The zero-order valence-electron chi connectivity index (χ0n) is 12.4. The second-order valence-electron chi connectivity index (χ2n) is 5.71. The summed E-state index contributed by atoms with van der Waals surface area (Å²) < 4.78 is 33.8. The van der Waals surface area contributed by atoms with Crippen molar-refractivity contribution >= 4 is 13.7 Å². The number of halogens is 1. The van der Waals surface area contributed by atoms with E-state index in [1.165, 1.54) is 0 Å². The topological polar surface area (TPSA) is 169 Å². The molecule has 11 nitrogen and oxygen atoms in total. The zero-order chi connectivity index (χ0) is 18.3. The maximum absolute atomic E-state index is 13.5. The number of alkyl halides is 1. The first-order valence-corrected chi connectivity index (χ1v) is 8.24. The lowest BCUT2D eigenvalue weighted by atomic mass is 9.88. The van der Waals surface area contributed by atoms with Crippen LogP contribution in [0.25, 0.3) is 0 Å². The molecule has 13 heteroatoms. The van der Waals surface area contributed by atoms with Gasteiger partial charge in [-0.1, -0.05) is 0 Å². The van der Waals surface area contributed by atoms with Gasteiger partial charge in [0.25, 0.3) is 0 Å². The highest BCUT2D eigenvalue weighted by atomic mass is 31.2. The van der Waals surface area contributed by atoms with Gasteiger partial charge in [0, 0.05) is 12.3 Å². The summed E-state index contributed by atoms with van der Waals surface area (Å²) in [5.74, 6) is -0.626. The minimum Gasteiger partial charge on any atom is -0.387 e. The average Bonchev–Trinajstić information content (AvgIpc) is 2.66. The monoisotopic (exact) mass is 372 g/mol. The molecule has 24 heavy (non-hydrogen) atoms. The van der Waals surface area contributed by atoms with Crippen molar-refractivity contribution in [2.45, 2.75) is 36.8 Å². The lowest BCUT2D eigenvalue weighted by Crippen LogP contribution is -2.59. The lowest BCUT2D eigenvalue weighted by molar-refractivity contribution is -0.190. The van der Waals surface area contributed by atoms with Crippen LogP contribution < -0.4 is 5.32 Å². The van der Waals surface area contributed by atoms with Crippen molar-refractivity contribution < 1.29 is 48.1 Å². The van der Waals surface area contributed by atoms with Gasteiger partial charge < -0.3 is 40.1 Å². The second-order valence-corrected chi connectivity index (χ2v) is 6.95. The van der Waals surface area contributed by atoms with E-state index in [-0.39, 0.29) is 0 Å². The molecule has 5 unspecified atom stereocenters. The number of aliphatic hydroxyl groups is 3. The lowest BCUT2D eigenvalue weighted by Gasteiger charge is -2.39. The molecule has 1 amide bonds. The van der Waals surface area contributed by atoms with Gasteiger partial charge in [-0.15, -0.1) is 0 Å². The number of nitrogens with zero attached hydrogens (tertiary/aromatic N) is 1. The fourth-order valence-electron chi connectivity index (χ4n) is 2.58. The van der Waals surface area contributed by atoms with Crippen molar-refractivity contribution in [1.82, 2.24) is 10.2 Å². The van der Waals surface area contributed by atoms with Gasteiger partial charge in [-0.2, -0.15) is 0 Å². The van der Waals surface area contributed by atoms with E-state index in [1.54, 1.807) is 0 Å². The van der Waals surface area contributed by atoms with Crippen LogP contribution in [0.5, 0.6) is 0 Å². The predicted octanol–water partition coefficient (Wildman–Crippen LogP) is -2.51. The number of carbonyl (C=O) groups is 1. The van der Waals surface area contributed by atoms with Crippen molar-refractivity contribution in [3.63, 3.8) is 0 Å². The third-order valence-corrected chi connectivity index (χ3v) is 4.29.